The van der Waals surface area contributed by atoms with Gasteiger partial charge in [0.05, 0.1) is 13.2 Å². The van der Waals surface area contributed by atoms with Crippen molar-refractivity contribution in [1.82, 2.24) is 0 Å². The molecule has 0 unspecified atom stereocenters. The first kappa shape index (κ1) is 17.7. The van der Waals surface area contributed by atoms with Gasteiger partial charge in [0, 0.05) is 11.8 Å². The molecule has 4 nitrogen and oxygen atoms in total. The Bertz CT molecular complexity index is 198. The highest BCUT2D eigenvalue weighted by Gasteiger charge is 2.19. The van der Waals surface area contributed by atoms with Gasteiger partial charge in [0.2, 0.25) is 0 Å². The van der Waals surface area contributed by atoms with Gasteiger partial charge in [-0.05, 0) is 38.5 Å². The van der Waals surface area contributed by atoms with E-state index >= 15 is 0 Å². The van der Waals surface area contributed by atoms with Crippen molar-refractivity contribution in [3.05, 3.63) is 0 Å². The predicted molar refractivity (Wildman–Crippen MR) is 70.9 cm³/mol. The summed E-state index contributed by atoms with van der Waals surface area (Å²) < 4.78 is 20.9. The number of rotatable bonds is 12. The lowest BCUT2D eigenvalue weighted by molar-refractivity contribution is 0.145. The van der Waals surface area contributed by atoms with Crippen LogP contribution < -0.4 is 0 Å². The second-order valence-electron chi connectivity index (χ2n) is 3.63. The summed E-state index contributed by atoms with van der Waals surface area (Å²) in [7, 11) is -3.86. The van der Waals surface area contributed by atoms with Crippen LogP contribution in [0.2, 0.25) is 0 Å². The normalized spacial score (nSPS) is 11.9. The van der Waals surface area contributed by atoms with Crippen molar-refractivity contribution in [3.8, 4) is 0 Å². The Morgan fingerprint density at radius 2 is 1.24 bits per heavy atom. The standard InChI is InChI=1S/C10H21Cl2O4P/c11-7-3-1-5-9-15-17(13,14)16-10-6-2-4-8-12/h1-10H2,(H,13,14). The molecule has 0 rings (SSSR count). The summed E-state index contributed by atoms with van der Waals surface area (Å²) in [5.41, 5.74) is 0. The SMILES string of the molecule is O=P(O)(OCCCCCCl)OCCCCCCl. The second kappa shape index (κ2) is 11.8. The lowest BCUT2D eigenvalue weighted by Gasteiger charge is -2.11. The van der Waals surface area contributed by atoms with E-state index in [0.29, 0.717) is 24.6 Å². The van der Waals surface area contributed by atoms with Crippen LogP contribution in [-0.2, 0) is 13.6 Å². The van der Waals surface area contributed by atoms with Crippen molar-refractivity contribution in [2.24, 2.45) is 0 Å². The zero-order valence-electron chi connectivity index (χ0n) is 9.95. The molecular formula is C10H21Cl2O4P. The minimum absolute atomic E-state index is 0.229. The van der Waals surface area contributed by atoms with E-state index in [0.717, 1.165) is 25.7 Å². The Hall–Kier alpha value is 0.690. The van der Waals surface area contributed by atoms with Gasteiger partial charge in [-0.1, -0.05) is 0 Å². The molecule has 0 aromatic rings. The Balaban J connectivity index is 3.42. The monoisotopic (exact) mass is 306 g/mol. The molecule has 0 aliphatic heterocycles. The van der Waals surface area contributed by atoms with Crippen LogP contribution in [0.25, 0.3) is 0 Å². The number of alkyl halides is 2. The Morgan fingerprint density at radius 3 is 1.59 bits per heavy atom. The maximum absolute atomic E-state index is 11.3. The minimum atomic E-state index is -3.86. The highest BCUT2D eigenvalue weighted by atomic mass is 35.5. The van der Waals surface area contributed by atoms with Crippen molar-refractivity contribution in [2.45, 2.75) is 38.5 Å². The van der Waals surface area contributed by atoms with E-state index in [2.05, 4.69) is 0 Å². The van der Waals surface area contributed by atoms with Gasteiger partial charge >= 0.3 is 7.82 Å². The van der Waals surface area contributed by atoms with E-state index in [1.165, 1.54) is 0 Å². The van der Waals surface area contributed by atoms with Gasteiger partial charge in [-0.2, -0.15) is 0 Å². The van der Waals surface area contributed by atoms with E-state index in [-0.39, 0.29) is 13.2 Å². The summed E-state index contributed by atoms with van der Waals surface area (Å²) in [5.74, 6) is 1.21. The van der Waals surface area contributed by atoms with Crippen molar-refractivity contribution in [2.75, 3.05) is 25.0 Å². The fourth-order valence-electron chi connectivity index (χ4n) is 1.14. The van der Waals surface area contributed by atoms with E-state index in [1.807, 2.05) is 0 Å². The smallest absolute Gasteiger partial charge is 0.302 e. The molecule has 0 fully saturated rings. The molecule has 1 N–H and O–H groups in total. The van der Waals surface area contributed by atoms with Gasteiger partial charge in [0.1, 0.15) is 0 Å². The molecule has 17 heavy (non-hydrogen) atoms. The number of hydrogen-bond acceptors (Lipinski definition) is 3. The fourth-order valence-corrected chi connectivity index (χ4v) is 2.32. The third kappa shape index (κ3) is 12.9. The molecule has 0 aliphatic rings. The van der Waals surface area contributed by atoms with Crippen molar-refractivity contribution >= 4 is 31.0 Å². The minimum Gasteiger partial charge on any atom is -0.302 e. The van der Waals surface area contributed by atoms with E-state index in [4.69, 9.17) is 32.2 Å². The van der Waals surface area contributed by atoms with Crippen LogP contribution in [0.1, 0.15) is 38.5 Å². The van der Waals surface area contributed by atoms with E-state index in [1.54, 1.807) is 0 Å². The highest BCUT2D eigenvalue weighted by molar-refractivity contribution is 7.47. The lowest BCUT2D eigenvalue weighted by atomic mass is 10.3. The molecule has 0 heterocycles. The Labute approximate surface area is 113 Å². The van der Waals surface area contributed by atoms with Crippen molar-refractivity contribution in [1.29, 1.82) is 0 Å². The average Bonchev–Trinajstić information content (AvgIpc) is 2.28. The second-order valence-corrected chi connectivity index (χ2v) is 5.84. The molecule has 0 saturated carbocycles. The molecular weight excluding hydrogens is 286 g/mol. The molecule has 7 heteroatoms. The number of halogens is 2. The first-order valence-corrected chi connectivity index (χ1v) is 8.42. The van der Waals surface area contributed by atoms with Gasteiger partial charge in [-0.25, -0.2) is 4.57 Å². The summed E-state index contributed by atoms with van der Waals surface area (Å²) in [4.78, 5) is 9.29. The quantitative estimate of drug-likeness (QED) is 0.337. The summed E-state index contributed by atoms with van der Waals surface area (Å²) in [5, 5.41) is 0. The summed E-state index contributed by atoms with van der Waals surface area (Å²) in [6.07, 6.45) is 4.98. The van der Waals surface area contributed by atoms with Gasteiger partial charge in [0.15, 0.2) is 0 Å². The molecule has 0 aliphatic carbocycles. The first-order valence-electron chi connectivity index (χ1n) is 5.86. The first-order chi connectivity index (χ1) is 8.12. The number of phosphoric acid groups is 1. The lowest BCUT2D eigenvalue weighted by Crippen LogP contribution is -1.99. The van der Waals surface area contributed by atoms with E-state index < -0.39 is 7.82 Å². The van der Waals surface area contributed by atoms with Crippen LogP contribution in [-0.4, -0.2) is 29.9 Å². The summed E-state index contributed by atoms with van der Waals surface area (Å²) in [6.45, 7) is 0.457. The molecule has 0 saturated heterocycles. The van der Waals surface area contributed by atoms with Crippen LogP contribution in [0.4, 0.5) is 0 Å². The third-order valence-electron chi connectivity index (χ3n) is 2.06. The van der Waals surface area contributed by atoms with Crippen LogP contribution in [0.5, 0.6) is 0 Å². The Kier molecular flexibility index (Phi) is 12.2. The van der Waals surface area contributed by atoms with Crippen LogP contribution >= 0.6 is 31.0 Å². The predicted octanol–water partition coefficient (Wildman–Crippen LogP) is 3.94. The molecule has 0 amide bonds. The molecule has 0 bridgehead atoms. The Morgan fingerprint density at radius 1 is 0.824 bits per heavy atom. The molecule has 0 atom stereocenters. The van der Waals surface area contributed by atoms with Gasteiger partial charge in [-0.3, -0.25) is 9.05 Å². The molecule has 0 radical (unpaired) electrons. The van der Waals surface area contributed by atoms with Gasteiger partial charge in [0.25, 0.3) is 0 Å². The molecule has 0 aromatic carbocycles. The third-order valence-corrected chi connectivity index (χ3v) is 3.62. The van der Waals surface area contributed by atoms with Crippen LogP contribution in [0.3, 0.4) is 0 Å². The van der Waals surface area contributed by atoms with Gasteiger partial charge in [-0.15, -0.1) is 23.2 Å². The summed E-state index contributed by atoms with van der Waals surface area (Å²) >= 11 is 11.0. The van der Waals surface area contributed by atoms with Gasteiger partial charge < -0.3 is 4.89 Å². The van der Waals surface area contributed by atoms with E-state index in [9.17, 15) is 9.46 Å². The van der Waals surface area contributed by atoms with Crippen molar-refractivity contribution in [3.63, 3.8) is 0 Å². The van der Waals surface area contributed by atoms with Crippen molar-refractivity contribution < 1.29 is 18.5 Å². The maximum Gasteiger partial charge on any atom is 0.472 e. The topological polar surface area (TPSA) is 55.8 Å². The number of unbranched alkanes of at least 4 members (excludes halogenated alkanes) is 4. The molecule has 104 valence electrons. The zero-order valence-corrected chi connectivity index (χ0v) is 12.4. The van der Waals surface area contributed by atoms with Crippen LogP contribution in [0, 0.1) is 0 Å². The average molecular weight is 307 g/mol. The maximum atomic E-state index is 11.3. The zero-order chi connectivity index (χ0) is 13.0. The number of hydrogen-bond donors (Lipinski definition) is 1. The largest absolute Gasteiger partial charge is 0.472 e. The molecule has 0 spiro atoms. The summed E-state index contributed by atoms with van der Waals surface area (Å²) in [6, 6.07) is 0. The molecule has 0 aromatic heterocycles. The number of phosphoric ester groups is 1. The van der Waals surface area contributed by atoms with Crippen LogP contribution in [0.15, 0.2) is 0 Å². The fraction of sp³-hybridized carbons (Fsp3) is 1.00. The highest BCUT2D eigenvalue weighted by Crippen LogP contribution is 2.43.